The molecule has 1 unspecified atom stereocenters. The van der Waals surface area contributed by atoms with E-state index in [-0.39, 0.29) is 24.0 Å². The second-order valence-corrected chi connectivity index (χ2v) is 16.3. The predicted molar refractivity (Wildman–Crippen MR) is 188 cm³/mol. The van der Waals surface area contributed by atoms with Crippen LogP contribution in [0.2, 0.25) is 0 Å². The average molecular weight is 677 g/mol. The van der Waals surface area contributed by atoms with Crippen LogP contribution < -0.4 is 10.6 Å². The molecular formula is C38H52N4O5S. The number of rotatable bonds is 16. The molecule has 48 heavy (non-hydrogen) atoms. The van der Waals surface area contributed by atoms with E-state index in [1.54, 1.807) is 6.20 Å². The number of H-pyrrole nitrogens is 1. The molecule has 10 heteroatoms. The lowest BCUT2D eigenvalue weighted by atomic mass is 9.83. The number of hydrogen-bond donors (Lipinski definition) is 4. The summed E-state index contributed by atoms with van der Waals surface area (Å²) in [6, 6.07) is 18.0. The number of amides is 2. The van der Waals surface area contributed by atoms with E-state index in [9.17, 15) is 23.1 Å². The standard InChI is InChI=1S/C38H52N4O5S/c43-36(26-48(46,47)33-19-11-4-12-20-33)34(23-30-17-9-3-10-18-30)41-38(45)35(24-32-25-39-27-40-32)42-37(44)31(21-28-13-5-1-6-14-28)22-29-15-7-2-8-16-29/h1-2,5-8,13-16,25,27,30-31,33-36,43H,3-4,9-12,17-24,26H2,(H,39,40)(H,41,45)(H,42,44)/t34-,35?,36-/m0/s1. The Bertz CT molecular complexity index is 1460. The van der Waals surface area contributed by atoms with E-state index in [0.717, 1.165) is 62.5 Å². The number of hydrogen-bond acceptors (Lipinski definition) is 6. The van der Waals surface area contributed by atoms with Crippen molar-refractivity contribution >= 4 is 21.7 Å². The number of nitrogens with one attached hydrogen (secondary N) is 3. The zero-order chi connectivity index (χ0) is 33.8. The summed E-state index contributed by atoms with van der Waals surface area (Å²) >= 11 is 0. The van der Waals surface area contributed by atoms with Gasteiger partial charge in [-0.05, 0) is 49.1 Å². The Morgan fingerprint density at radius 3 is 1.94 bits per heavy atom. The Balaban J connectivity index is 1.35. The normalized spacial score (nSPS) is 18.2. The molecule has 3 atom stereocenters. The van der Waals surface area contributed by atoms with E-state index < -0.39 is 45.1 Å². The third kappa shape index (κ3) is 10.8. The summed E-state index contributed by atoms with van der Waals surface area (Å²) < 4.78 is 26.8. The molecule has 1 aromatic heterocycles. The quantitative estimate of drug-likeness (QED) is 0.166. The van der Waals surface area contributed by atoms with E-state index in [1.165, 1.54) is 6.33 Å². The molecule has 9 nitrogen and oxygen atoms in total. The maximum atomic E-state index is 14.1. The number of carbonyl (C=O) groups is 2. The number of aromatic amines is 1. The van der Waals surface area contributed by atoms with Gasteiger partial charge in [-0.3, -0.25) is 9.59 Å². The second kappa shape index (κ2) is 17.8. The second-order valence-electron chi connectivity index (χ2n) is 13.9. The molecule has 2 amide bonds. The Morgan fingerprint density at radius 1 is 0.792 bits per heavy atom. The Kier molecular flexibility index (Phi) is 13.3. The van der Waals surface area contributed by atoms with Crippen LogP contribution in [0.3, 0.4) is 0 Å². The number of aromatic nitrogens is 2. The highest BCUT2D eigenvalue weighted by atomic mass is 32.2. The zero-order valence-electron chi connectivity index (χ0n) is 27.9. The third-order valence-electron chi connectivity index (χ3n) is 10.2. The number of benzene rings is 2. The summed E-state index contributed by atoms with van der Waals surface area (Å²) in [7, 11) is -3.54. The number of nitrogens with zero attached hydrogens (tertiary/aromatic N) is 1. The van der Waals surface area contributed by atoms with Gasteiger partial charge in [-0.2, -0.15) is 0 Å². The van der Waals surface area contributed by atoms with Gasteiger partial charge in [0.2, 0.25) is 11.8 Å². The maximum absolute atomic E-state index is 14.1. The molecule has 0 saturated heterocycles. The van der Waals surface area contributed by atoms with Gasteiger partial charge in [0, 0.05) is 24.2 Å². The highest BCUT2D eigenvalue weighted by Gasteiger charge is 2.36. The van der Waals surface area contributed by atoms with Crippen molar-refractivity contribution < 1.29 is 23.1 Å². The summed E-state index contributed by atoms with van der Waals surface area (Å²) in [6.45, 7) is 0. The molecule has 4 N–H and O–H groups in total. The van der Waals surface area contributed by atoms with Gasteiger partial charge < -0.3 is 20.7 Å². The van der Waals surface area contributed by atoms with Gasteiger partial charge in [0.15, 0.2) is 9.84 Å². The Labute approximate surface area is 285 Å². The van der Waals surface area contributed by atoms with Crippen LogP contribution in [0.1, 0.15) is 87.4 Å². The number of carbonyl (C=O) groups excluding carboxylic acids is 2. The van der Waals surface area contributed by atoms with Crippen LogP contribution >= 0.6 is 0 Å². The van der Waals surface area contributed by atoms with Gasteiger partial charge in [-0.15, -0.1) is 0 Å². The monoisotopic (exact) mass is 676 g/mol. The topological polar surface area (TPSA) is 141 Å². The van der Waals surface area contributed by atoms with Gasteiger partial charge in [0.05, 0.1) is 29.5 Å². The molecule has 1 heterocycles. The maximum Gasteiger partial charge on any atom is 0.243 e. The zero-order valence-corrected chi connectivity index (χ0v) is 28.8. The van der Waals surface area contributed by atoms with Gasteiger partial charge in [-0.25, -0.2) is 13.4 Å². The molecule has 2 aliphatic carbocycles. The molecule has 2 fully saturated rings. The fourth-order valence-corrected chi connectivity index (χ4v) is 9.49. The van der Waals surface area contributed by atoms with E-state index >= 15 is 0 Å². The molecule has 0 spiro atoms. The minimum absolute atomic E-state index is 0.174. The van der Waals surface area contributed by atoms with Gasteiger partial charge in [0.1, 0.15) is 6.04 Å². The first-order chi connectivity index (χ1) is 23.3. The first-order valence-electron chi connectivity index (χ1n) is 17.8. The summed E-state index contributed by atoms with van der Waals surface area (Å²) in [4.78, 5) is 35.3. The molecule has 260 valence electrons. The number of imidazole rings is 1. The molecule has 5 rings (SSSR count). The molecule has 3 aromatic rings. The minimum atomic E-state index is -3.54. The van der Waals surface area contributed by atoms with Crippen molar-refractivity contribution in [3.63, 3.8) is 0 Å². The predicted octanol–water partition coefficient (Wildman–Crippen LogP) is 5.10. The number of aliphatic hydroxyl groups excluding tert-OH is 1. The average Bonchev–Trinajstić information content (AvgIpc) is 3.62. The van der Waals surface area contributed by atoms with Crippen LogP contribution in [-0.4, -0.2) is 64.5 Å². The van der Waals surface area contributed by atoms with Crippen LogP contribution in [0.15, 0.2) is 73.2 Å². The lowest BCUT2D eigenvalue weighted by Crippen LogP contribution is -2.56. The molecular weight excluding hydrogens is 625 g/mol. The van der Waals surface area contributed by atoms with Crippen LogP contribution in [0.25, 0.3) is 0 Å². The van der Waals surface area contributed by atoms with Crippen molar-refractivity contribution in [3.8, 4) is 0 Å². The van der Waals surface area contributed by atoms with Crippen LogP contribution in [0.4, 0.5) is 0 Å². The summed E-state index contributed by atoms with van der Waals surface area (Å²) in [5, 5.41) is 17.1. The Hall–Kier alpha value is -3.50. The SMILES string of the molecule is O=C(NC(Cc1cnc[nH]1)C(=O)N[C@@H](CC1CCCCC1)[C@@H](O)CS(=O)(=O)C1CCCCC1)C(Cc1ccccc1)Cc1ccccc1. The fraction of sp³-hybridized carbons (Fsp3) is 0.553. The van der Waals surface area contributed by atoms with E-state index in [0.29, 0.717) is 37.8 Å². The molecule has 0 aliphatic heterocycles. The van der Waals surface area contributed by atoms with Gasteiger partial charge in [-0.1, -0.05) is 112 Å². The first-order valence-corrected chi connectivity index (χ1v) is 19.5. The van der Waals surface area contributed by atoms with Crippen LogP contribution in [0, 0.1) is 11.8 Å². The van der Waals surface area contributed by atoms with Gasteiger partial charge >= 0.3 is 0 Å². The highest BCUT2D eigenvalue weighted by Crippen LogP contribution is 2.30. The fourth-order valence-electron chi connectivity index (χ4n) is 7.46. The lowest BCUT2D eigenvalue weighted by Gasteiger charge is -2.32. The van der Waals surface area contributed by atoms with Gasteiger partial charge in [0.25, 0.3) is 0 Å². The van der Waals surface area contributed by atoms with E-state index in [2.05, 4.69) is 20.6 Å². The number of aliphatic hydroxyl groups is 1. The molecule has 2 aliphatic rings. The molecule has 0 radical (unpaired) electrons. The van der Waals surface area contributed by atoms with Crippen molar-refractivity contribution in [1.82, 2.24) is 20.6 Å². The van der Waals surface area contributed by atoms with Crippen LogP contribution in [0.5, 0.6) is 0 Å². The Morgan fingerprint density at radius 2 is 1.38 bits per heavy atom. The molecule has 0 bridgehead atoms. The summed E-state index contributed by atoms with van der Waals surface area (Å²) in [5.41, 5.74) is 2.73. The minimum Gasteiger partial charge on any atom is -0.390 e. The summed E-state index contributed by atoms with van der Waals surface area (Å²) in [6.07, 6.45) is 13.0. The molecule has 2 saturated carbocycles. The van der Waals surface area contributed by atoms with Crippen molar-refractivity contribution in [1.29, 1.82) is 0 Å². The first kappa shape index (κ1) is 35.8. The van der Waals surface area contributed by atoms with Crippen molar-refractivity contribution in [3.05, 3.63) is 90.0 Å². The largest absolute Gasteiger partial charge is 0.390 e. The van der Waals surface area contributed by atoms with Crippen molar-refractivity contribution in [2.45, 2.75) is 113 Å². The highest BCUT2D eigenvalue weighted by molar-refractivity contribution is 7.92. The van der Waals surface area contributed by atoms with Crippen molar-refractivity contribution in [2.75, 3.05) is 5.75 Å². The van der Waals surface area contributed by atoms with Crippen molar-refractivity contribution in [2.24, 2.45) is 11.8 Å². The smallest absolute Gasteiger partial charge is 0.243 e. The lowest BCUT2D eigenvalue weighted by molar-refractivity contribution is -0.132. The van der Waals surface area contributed by atoms with E-state index in [4.69, 9.17) is 0 Å². The third-order valence-corrected chi connectivity index (χ3v) is 12.5. The number of sulfone groups is 1. The van der Waals surface area contributed by atoms with E-state index in [1.807, 2.05) is 60.7 Å². The molecule has 2 aromatic carbocycles. The van der Waals surface area contributed by atoms with Crippen LogP contribution in [-0.2, 0) is 38.7 Å². The summed E-state index contributed by atoms with van der Waals surface area (Å²) in [5.74, 6) is -1.20.